The van der Waals surface area contributed by atoms with Crippen molar-refractivity contribution in [1.29, 1.82) is 5.26 Å². The average Bonchev–Trinajstić information content (AvgIpc) is 2.66. The summed E-state index contributed by atoms with van der Waals surface area (Å²) in [4.78, 5) is 14.0. The molecule has 2 N–H and O–H groups in total. The van der Waals surface area contributed by atoms with Crippen molar-refractivity contribution < 1.29 is 19.1 Å². The molecule has 0 aliphatic heterocycles. The number of hydrogen-bond donors (Lipinski definition) is 2. The van der Waals surface area contributed by atoms with Gasteiger partial charge in [-0.2, -0.15) is 5.26 Å². The van der Waals surface area contributed by atoms with E-state index in [2.05, 4.69) is 5.43 Å². The lowest BCUT2D eigenvalue weighted by atomic mass is 10.2. The number of nitrogens with one attached hydrogen (secondary N) is 1. The molecule has 0 aliphatic carbocycles. The lowest BCUT2D eigenvalue weighted by Gasteiger charge is -2.20. The van der Waals surface area contributed by atoms with E-state index in [1.54, 1.807) is 31.3 Å². The molecule has 1 rings (SSSR count). The van der Waals surface area contributed by atoms with E-state index in [-0.39, 0.29) is 30.9 Å². The van der Waals surface area contributed by atoms with E-state index in [4.69, 9.17) is 10.00 Å². The van der Waals surface area contributed by atoms with E-state index < -0.39 is 0 Å². The second kappa shape index (κ2) is 12.8. The molecule has 0 fully saturated rings. The third-order valence-corrected chi connectivity index (χ3v) is 3.79. The van der Waals surface area contributed by atoms with Crippen LogP contribution in [0.15, 0.2) is 36.1 Å². The maximum atomic E-state index is 13.4. The predicted molar refractivity (Wildman–Crippen MR) is 105 cm³/mol. The van der Waals surface area contributed by atoms with Crippen molar-refractivity contribution in [1.82, 2.24) is 15.6 Å². The molecule has 0 radical (unpaired) electrons. The van der Waals surface area contributed by atoms with Crippen molar-refractivity contribution >= 4 is 5.91 Å². The lowest BCUT2D eigenvalue weighted by molar-refractivity contribution is -0.128. The van der Waals surface area contributed by atoms with Crippen LogP contribution in [0, 0.1) is 11.3 Å². The number of hydrazine groups is 1. The fraction of sp³-hybridized carbons (Fsp3) is 0.500. The van der Waals surface area contributed by atoms with E-state index in [9.17, 15) is 14.4 Å². The molecule has 1 aromatic carbocycles. The second-order valence-corrected chi connectivity index (χ2v) is 6.65. The molecule has 0 bridgehead atoms. The van der Waals surface area contributed by atoms with E-state index in [0.717, 1.165) is 12.8 Å². The highest BCUT2D eigenvalue weighted by Crippen LogP contribution is 2.16. The third-order valence-electron chi connectivity index (χ3n) is 3.79. The number of aliphatic hydroxyl groups excluding tert-OH is 1. The molecule has 1 amide bonds. The number of rotatable bonds is 12. The zero-order valence-corrected chi connectivity index (χ0v) is 16.7. The van der Waals surface area contributed by atoms with Crippen LogP contribution in [0.2, 0.25) is 0 Å². The molecule has 1 aromatic rings. The number of carbonyl (C=O) groups excluding carboxylic acids is 1. The van der Waals surface area contributed by atoms with Crippen LogP contribution in [0.4, 0.5) is 4.48 Å². The second-order valence-electron chi connectivity index (χ2n) is 6.65. The molecule has 0 saturated carbocycles. The minimum atomic E-state index is -0.355. The summed E-state index contributed by atoms with van der Waals surface area (Å²) in [7, 11) is 1.65. The Labute approximate surface area is 165 Å². The molecule has 0 aromatic heterocycles. The normalized spacial score (nSPS) is 11.6. The van der Waals surface area contributed by atoms with Crippen molar-refractivity contribution in [3.63, 3.8) is 0 Å². The SMILES string of the molecule is CC(C)NN(F)CCCCCN(C)C(=O)/C(=C\CO)Oc1ccc(C#N)cc1. The Hall–Kier alpha value is -2.47. The van der Waals surface area contributed by atoms with Gasteiger partial charge >= 0.3 is 0 Å². The lowest BCUT2D eigenvalue weighted by Crippen LogP contribution is -2.37. The minimum absolute atomic E-state index is 0.0192. The van der Waals surface area contributed by atoms with Gasteiger partial charge in [-0.3, -0.25) is 4.79 Å². The summed E-state index contributed by atoms with van der Waals surface area (Å²) in [6.07, 6.45) is 3.46. The van der Waals surface area contributed by atoms with Crippen LogP contribution < -0.4 is 10.2 Å². The monoisotopic (exact) mass is 392 g/mol. The summed E-state index contributed by atoms with van der Waals surface area (Å²) in [6.45, 7) is 4.17. The summed E-state index contributed by atoms with van der Waals surface area (Å²) in [5.74, 6) is 0.0684. The van der Waals surface area contributed by atoms with Crippen molar-refractivity contribution in [2.75, 3.05) is 26.7 Å². The Morgan fingerprint density at radius 2 is 1.93 bits per heavy atom. The van der Waals surface area contributed by atoms with Crippen molar-refractivity contribution in [3.8, 4) is 11.8 Å². The smallest absolute Gasteiger partial charge is 0.289 e. The van der Waals surface area contributed by atoms with Crippen molar-refractivity contribution in [3.05, 3.63) is 41.7 Å². The molecule has 0 unspecified atom stereocenters. The van der Waals surface area contributed by atoms with E-state index in [1.165, 1.54) is 11.0 Å². The van der Waals surface area contributed by atoms with Crippen LogP contribution in [-0.2, 0) is 4.79 Å². The predicted octanol–water partition coefficient (Wildman–Crippen LogP) is 2.54. The van der Waals surface area contributed by atoms with Gasteiger partial charge in [0.25, 0.3) is 5.91 Å². The Morgan fingerprint density at radius 1 is 1.29 bits per heavy atom. The molecule has 0 heterocycles. The quantitative estimate of drug-likeness (QED) is 0.187. The van der Waals surface area contributed by atoms with Gasteiger partial charge in [0.2, 0.25) is 0 Å². The first-order chi connectivity index (χ1) is 13.4. The van der Waals surface area contributed by atoms with E-state index in [1.807, 2.05) is 19.9 Å². The maximum absolute atomic E-state index is 13.4. The van der Waals surface area contributed by atoms with Gasteiger partial charge in [0.1, 0.15) is 5.75 Å². The number of carbonyl (C=O) groups is 1. The highest BCUT2D eigenvalue weighted by Gasteiger charge is 2.17. The highest BCUT2D eigenvalue weighted by atomic mass is 19.2. The molecule has 0 saturated heterocycles. The van der Waals surface area contributed by atoms with Gasteiger partial charge in [0.15, 0.2) is 5.76 Å². The molecule has 28 heavy (non-hydrogen) atoms. The average molecular weight is 392 g/mol. The van der Waals surface area contributed by atoms with Gasteiger partial charge < -0.3 is 14.7 Å². The summed E-state index contributed by atoms with van der Waals surface area (Å²) in [5, 5.41) is 18.6. The van der Waals surface area contributed by atoms with Crippen LogP contribution in [0.25, 0.3) is 0 Å². The van der Waals surface area contributed by atoms with E-state index in [0.29, 0.717) is 29.5 Å². The molecular formula is C20H29FN4O3. The fourth-order valence-corrected chi connectivity index (χ4v) is 2.39. The topological polar surface area (TPSA) is 88.8 Å². The molecule has 7 nitrogen and oxygen atoms in total. The summed E-state index contributed by atoms with van der Waals surface area (Å²) >= 11 is 0. The Balaban J connectivity index is 2.46. The fourth-order valence-electron chi connectivity index (χ4n) is 2.39. The van der Waals surface area contributed by atoms with Crippen molar-refractivity contribution in [2.45, 2.75) is 39.2 Å². The number of ether oxygens (including phenoxy) is 1. The number of nitriles is 1. The van der Waals surface area contributed by atoms with Gasteiger partial charge in [-0.25, -0.2) is 5.43 Å². The number of hydrogen-bond acceptors (Lipinski definition) is 6. The van der Waals surface area contributed by atoms with E-state index >= 15 is 0 Å². The van der Waals surface area contributed by atoms with Crippen LogP contribution >= 0.6 is 0 Å². The number of halogens is 1. The standard InChI is InChI=1S/C20H29FN4O3/c1-16(2)23-25(21)13-6-4-5-12-24(3)20(27)19(11-14-26)28-18-9-7-17(15-22)8-10-18/h7-11,16,23,26H,4-6,12-14H2,1-3H3/b19-11+. The van der Waals surface area contributed by atoms with Crippen LogP contribution in [-0.4, -0.2) is 53.9 Å². The van der Waals surface area contributed by atoms with Gasteiger partial charge in [0, 0.05) is 26.2 Å². The van der Waals surface area contributed by atoms with Crippen LogP contribution in [0.5, 0.6) is 5.75 Å². The zero-order chi connectivity index (χ0) is 20.9. The number of aliphatic hydroxyl groups is 1. The first-order valence-corrected chi connectivity index (χ1v) is 9.31. The number of benzene rings is 1. The maximum Gasteiger partial charge on any atom is 0.289 e. The summed E-state index contributed by atoms with van der Waals surface area (Å²) in [6, 6.07) is 8.40. The zero-order valence-electron chi connectivity index (χ0n) is 16.7. The Kier molecular flexibility index (Phi) is 10.8. The molecule has 8 heteroatoms. The molecular weight excluding hydrogens is 363 g/mol. The first kappa shape index (κ1) is 23.6. The van der Waals surface area contributed by atoms with Crippen molar-refractivity contribution in [2.24, 2.45) is 0 Å². The summed E-state index contributed by atoms with van der Waals surface area (Å²) < 4.78 is 19.0. The Morgan fingerprint density at radius 3 is 2.50 bits per heavy atom. The number of nitrogens with zero attached hydrogens (tertiary/aromatic N) is 3. The van der Waals surface area contributed by atoms with Crippen LogP contribution in [0.3, 0.4) is 0 Å². The van der Waals surface area contributed by atoms with Gasteiger partial charge in [-0.05, 0) is 57.0 Å². The molecule has 0 spiro atoms. The molecule has 154 valence electrons. The number of likely N-dealkylation sites (N-methyl/N-ethyl adjacent to an activating group) is 1. The highest BCUT2D eigenvalue weighted by molar-refractivity contribution is 5.91. The number of amides is 1. The first-order valence-electron chi connectivity index (χ1n) is 9.31. The summed E-state index contributed by atoms with van der Waals surface area (Å²) in [5.41, 5.74) is 3.14. The minimum Gasteiger partial charge on any atom is -0.452 e. The number of unbranched alkanes of at least 4 members (excludes halogenated alkanes) is 2. The molecule has 0 aliphatic rings. The third kappa shape index (κ3) is 8.95. The van der Waals surface area contributed by atoms with Gasteiger partial charge in [-0.15, -0.1) is 4.48 Å². The van der Waals surface area contributed by atoms with Gasteiger partial charge in [-0.1, -0.05) is 11.7 Å². The van der Waals surface area contributed by atoms with Crippen LogP contribution in [0.1, 0.15) is 38.7 Å². The Bertz CT molecular complexity index is 671. The molecule has 0 atom stereocenters. The van der Waals surface area contributed by atoms with Gasteiger partial charge in [0.05, 0.1) is 18.2 Å². The largest absolute Gasteiger partial charge is 0.452 e.